The zero-order chi connectivity index (χ0) is 18.9. The van der Waals surface area contributed by atoms with E-state index in [1.807, 2.05) is 0 Å². The van der Waals surface area contributed by atoms with Crippen molar-refractivity contribution in [2.75, 3.05) is 19.8 Å². The standard InChI is InChI=1S/C14H11Cl2F3N6/c1-24(2)6-22-13-11(21)10(5-20)23-25(13)12-8(15)3-7(4-9(12)16)14(17,18)19/h3-4,6H,21H2,1-2H3/b22-6-. The smallest absolute Gasteiger partial charge is 0.393 e. The van der Waals surface area contributed by atoms with Crippen LogP contribution in [0.1, 0.15) is 11.3 Å². The third-order valence-corrected chi connectivity index (χ3v) is 3.55. The molecule has 0 aliphatic rings. The number of nitrogens with two attached hydrogens (primary N) is 1. The lowest BCUT2D eigenvalue weighted by Crippen LogP contribution is -2.09. The highest BCUT2D eigenvalue weighted by atomic mass is 35.5. The molecule has 1 aromatic heterocycles. The fourth-order valence-corrected chi connectivity index (χ4v) is 2.53. The molecular formula is C14H11Cl2F3N6. The van der Waals surface area contributed by atoms with E-state index in [4.69, 9.17) is 34.2 Å². The zero-order valence-electron chi connectivity index (χ0n) is 12.9. The summed E-state index contributed by atoms with van der Waals surface area (Å²) in [5, 5.41) is 12.4. The highest BCUT2D eigenvalue weighted by molar-refractivity contribution is 6.38. The van der Waals surface area contributed by atoms with E-state index in [0.29, 0.717) is 12.1 Å². The number of aromatic nitrogens is 2. The molecule has 0 saturated heterocycles. The van der Waals surface area contributed by atoms with Crippen molar-refractivity contribution in [2.24, 2.45) is 4.99 Å². The summed E-state index contributed by atoms with van der Waals surface area (Å²) in [4.78, 5) is 5.69. The largest absolute Gasteiger partial charge is 0.416 e. The first kappa shape index (κ1) is 18.9. The predicted octanol–water partition coefficient (Wildman–Crippen LogP) is 3.87. The molecule has 0 unspecified atom stereocenters. The first-order valence-electron chi connectivity index (χ1n) is 6.62. The summed E-state index contributed by atoms with van der Waals surface area (Å²) in [5.74, 6) is 0.0220. The topological polar surface area (TPSA) is 83.2 Å². The zero-order valence-corrected chi connectivity index (χ0v) is 14.4. The van der Waals surface area contributed by atoms with Crippen LogP contribution in [0, 0.1) is 11.3 Å². The van der Waals surface area contributed by atoms with Gasteiger partial charge in [-0.2, -0.15) is 23.5 Å². The lowest BCUT2D eigenvalue weighted by Gasteiger charge is -2.13. The molecule has 25 heavy (non-hydrogen) atoms. The Hall–Kier alpha value is -2.44. The summed E-state index contributed by atoms with van der Waals surface area (Å²) in [6, 6.07) is 3.21. The number of nitrogen functional groups attached to an aromatic ring is 1. The normalized spacial score (nSPS) is 11.8. The van der Waals surface area contributed by atoms with Crippen LogP contribution < -0.4 is 5.73 Å². The van der Waals surface area contributed by atoms with Crippen molar-refractivity contribution < 1.29 is 13.2 Å². The van der Waals surface area contributed by atoms with Gasteiger partial charge in [-0.15, -0.1) is 0 Å². The number of nitrogens with zero attached hydrogens (tertiary/aromatic N) is 5. The van der Waals surface area contributed by atoms with Gasteiger partial charge in [-0.3, -0.25) is 0 Å². The van der Waals surface area contributed by atoms with Gasteiger partial charge in [0.05, 0.1) is 21.9 Å². The first-order valence-corrected chi connectivity index (χ1v) is 7.37. The molecule has 6 nitrogen and oxygen atoms in total. The summed E-state index contributed by atoms with van der Waals surface area (Å²) in [7, 11) is 3.40. The summed E-state index contributed by atoms with van der Waals surface area (Å²) in [5.41, 5.74) is 4.56. The Morgan fingerprint density at radius 1 is 1.32 bits per heavy atom. The van der Waals surface area contributed by atoms with E-state index in [-0.39, 0.29) is 32.9 Å². The SMILES string of the molecule is CN(C)/C=N\c1c(N)c(C#N)nn1-c1c(Cl)cc(C(F)(F)F)cc1Cl. The number of benzene rings is 1. The van der Waals surface area contributed by atoms with E-state index < -0.39 is 11.7 Å². The molecular weight excluding hydrogens is 380 g/mol. The first-order chi connectivity index (χ1) is 11.6. The van der Waals surface area contributed by atoms with Crippen LogP contribution in [-0.4, -0.2) is 35.1 Å². The van der Waals surface area contributed by atoms with Gasteiger partial charge in [0.25, 0.3) is 0 Å². The van der Waals surface area contributed by atoms with Crippen LogP contribution in [0.2, 0.25) is 10.0 Å². The Morgan fingerprint density at radius 2 is 1.88 bits per heavy atom. The minimum atomic E-state index is -4.61. The summed E-state index contributed by atoms with van der Waals surface area (Å²) in [6.07, 6.45) is -3.23. The minimum absolute atomic E-state index is 0.0220. The van der Waals surface area contributed by atoms with Crippen molar-refractivity contribution in [1.29, 1.82) is 5.26 Å². The molecule has 0 radical (unpaired) electrons. The lowest BCUT2D eigenvalue weighted by atomic mass is 10.2. The molecule has 11 heteroatoms. The summed E-state index contributed by atoms with van der Waals surface area (Å²) >= 11 is 12.0. The maximum absolute atomic E-state index is 12.9. The molecule has 0 spiro atoms. The highest BCUT2D eigenvalue weighted by Crippen LogP contribution is 2.40. The molecule has 1 heterocycles. The molecule has 1 aromatic carbocycles. The van der Waals surface area contributed by atoms with Gasteiger partial charge < -0.3 is 10.6 Å². The molecule has 0 aliphatic heterocycles. The Kier molecular flexibility index (Phi) is 5.15. The van der Waals surface area contributed by atoms with Crippen LogP contribution in [0.5, 0.6) is 0 Å². The van der Waals surface area contributed by atoms with Gasteiger partial charge in [-0.05, 0) is 12.1 Å². The molecule has 0 atom stereocenters. The molecule has 2 aromatic rings. The number of alkyl halides is 3. The number of nitriles is 1. The second-order valence-electron chi connectivity index (χ2n) is 5.10. The molecule has 0 bridgehead atoms. The number of hydrogen-bond acceptors (Lipinski definition) is 4. The van der Waals surface area contributed by atoms with Gasteiger partial charge in [0.1, 0.15) is 17.4 Å². The van der Waals surface area contributed by atoms with Crippen molar-refractivity contribution in [3.63, 3.8) is 0 Å². The maximum Gasteiger partial charge on any atom is 0.416 e. The molecule has 0 fully saturated rings. The van der Waals surface area contributed by atoms with Gasteiger partial charge in [-0.25, -0.2) is 9.67 Å². The number of hydrogen-bond donors (Lipinski definition) is 1. The average Bonchev–Trinajstić information content (AvgIpc) is 2.79. The van der Waals surface area contributed by atoms with Crippen LogP contribution in [0.15, 0.2) is 17.1 Å². The lowest BCUT2D eigenvalue weighted by molar-refractivity contribution is -0.137. The van der Waals surface area contributed by atoms with Gasteiger partial charge in [-0.1, -0.05) is 23.2 Å². The van der Waals surface area contributed by atoms with Crippen molar-refractivity contribution in [3.8, 4) is 11.8 Å². The fraction of sp³-hybridized carbons (Fsp3) is 0.214. The van der Waals surface area contributed by atoms with Crippen LogP contribution in [0.25, 0.3) is 5.69 Å². The van der Waals surface area contributed by atoms with Crippen molar-refractivity contribution in [2.45, 2.75) is 6.18 Å². The predicted molar refractivity (Wildman–Crippen MR) is 89.6 cm³/mol. The molecule has 0 saturated carbocycles. The summed E-state index contributed by atoms with van der Waals surface area (Å²) in [6.45, 7) is 0. The Balaban J connectivity index is 2.73. The number of rotatable bonds is 3. The van der Waals surface area contributed by atoms with Crippen LogP contribution in [-0.2, 0) is 6.18 Å². The molecule has 2 rings (SSSR count). The number of halogens is 5. The molecule has 0 aliphatic carbocycles. The second-order valence-corrected chi connectivity index (χ2v) is 5.92. The summed E-state index contributed by atoms with van der Waals surface area (Å²) < 4.78 is 39.6. The van der Waals surface area contributed by atoms with Gasteiger partial charge in [0.2, 0.25) is 0 Å². The van der Waals surface area contributed by atoms with E-state index in [2.05, 4.69) is 10.1 Å². The maximum atomic E-state index is 12.9. The van der Waals surface area contributed by atoms with Crippen molar-refractivity contribution in [1.82, 2.24) is 14.7 Å². The van der Waals surface area contributed by atoms with E-state index in [1.54, 1.807) is 25.1 Å². The average molecular weight is 391 g/mol. The molecule has 0 amide bonds. The van der Waals surface area contributed by atoms with E-state index in [1.165, 1.54) is 6.34 Å². The second kappa shape index (κ2) is 6.82. The monoisotopic (exact) mass is 390 g/mol. The molecule has 132 valence electrons. The van der Waals surface area contributed by atoms with Gasteiger partial charge in [0, 0.05) is 14.1 Å². The third-order valence-electron chi connectivity index (χ3n) is 2.97. The quantitative estimate of drug-likeness (QED) is 0.636. The third kappa shape index (κ3) is 3.81. The van der Waals surface area contributed by atoms with Crippen molar-refractivity contribution >= 4 is 41.0 Å². The highest BCUT2D eigenvalue weighted by Gasteiger charge is 2.32. The van der Waals surface area contributed by atoms with E-state index >= 15 is 0 Å². The van der Waals surface area contributed by atoms with Crippen molar-refractivity contribution in [3.05, 3.63) is 33.4 Å². The van der Waals surface area contributed by atoms with Crippen LogP contribution in [0.4, 0.5) is 24.7 Å². The molecule has 2 N–H and O–H groups in total. The fourth-order valence-electron chi connectivity index (χ4n) is 1.89. The van der Waals surface area contributed by atoms with Crippen LogP contribution >= 0.6 is 23.2 Å². The van der Waals surface area contributed by atoms with Crippen LogP contribution in [0.3, 0.4) is 0 Å². The Morgan fingerprint density at radius 3 is 2.32 bits per heavy atom. The Labute approximate surface area is 150 Å². The van der Waals surface area contributed by atoms with E-state index in [9.17, 15) is 13.2 Å². The number of aliphatic imine (C=N–C) groups is 1. The van der Waals surface area contributed by atoms with E-state index in [0.717, 1.165) is 4.68 Å². The van der Waals surface area contributed by atoms with Gasteiger partial charge in [0.15, 0.2) is 11.5 Å². The number of anilines is 1. The van der Waals surface area contributed by atoms with Gasteiger partial charge >= 0.3 is 6.18 Å². The Bertz CT molecular complexity index is 857. The minimum Gasteiger partial charge on any atom is -0.393 e.